The van der Waals surface area contributed by atoms with E-state index >= 15 is 0 Å². The highest BCUT2D eigenvalue weighted by Gasteiger charge is 2.20. The van der Waals surface area contributed by atoms with E-state index in [0.717, 1.165) is 25.4 Å². The molecule has 0 radical (unpaired) electrons. The maximum atomic E-state index is 5.20. The molecule has 1 fully saturated rings. The first kappa shape index (κ1) is 13.4. The Morgan fingerprint density at radius 3 is 2.67 bits per heavy atom. The zero-order valence-corrected chi connectivity index (χ0v) is 11.4. The molecule has 0 N–H and O–H groups in total. The molecule has 1 aromatic carbocycles. The van der Waals surface area contributed by atoms with E-state index in [1.54, 1.807) is 14.2 Å². The van der Waals surface area contributed by atoms with E-state index in [-0.39, 0.29) is 0 Å². The minimum atomic E-state index is 0.654. The minimum absolute atomic E-state index is 0.654. The van der Waals surface area contributed by atoms with Crippen molar-refractivity contribution in [3.63, 3.8) is 0 Å². The number of benzene rings is 1. The molecule has 2 rings (SSSR count). The SMILES string of the molecule is COCCN1CCCC(c2ccc(OC)cc2)C1. The Labute approximate surface area is 110 Å². The molecule has 0 aromatic heterocycles. The quantitative estimate of drug-likeness (QED) is 0.800. The van der Waals surface area contributed by atoms with Crippen LogP contribution in [0.2, 0.25) is 0 Å². The molecule has 0 amide bonds. The second-order valence-corrected chi connectivity index (χ2v) is 4.91. The molecule has 3 heteroatoms. The highest BCUT2D eigenvalue weighted by molar-refractivity contribution is 5.29. The topological polar surface area (TPSA) is 21.7 Å². The molecule has 0 saturated carbocycles. The van der Waals surface area contributed by atoms with Gasteiger partial charge in [-0.15, -0.1) is 0 Å². The first-order valence-corrected chi connectivity index (χ1v) is 6.68. The van der Waals surface area contributed by atoms with Crippen molar-refractivity contribution >= 4 is 0 Å². The van der Waals surface area contributed by atoms with Crippen molar-refractivity contribution in [1.29, 1.82) is 0 Å². The third kappa shape index (κ3) is 3.47. The zero-order chi connectivity index (χ0) is 12.8. The number of ether oxygens (including phenoxy) is 2. The van der Waals surface area contributed by atoms with Crippen molar-refractivity contribution in [2.45, 2.75) is 18.8 Å². The molecule has 1 aliphatic rings. The van der Waals surface area contributed by atoms with E-state index in [4.69, 9.17) is 9.47 Å². The molecule has 100 valence electrons. The molecule has 0 spiro atoms. The van der Waals surface area contributed by atoms with Crippen LogP contribution >= 0.6 is 0 Å². The summed E-state index contributed by atoms with van der Waals surface area (Å²) in [7, 11) is 3.48. The molecule has 0 aliphatic carbocycles. The zero-order valence-electron chi connectivity index (χ0n) is 11.4. The van der Waals surface area contributed by atoms with Gasteiger partial charge in [-0.05, 0) is 43.0 Å². The number of nitrogens with zero attached hydrogens (tertiary/aromatic N) is 1. The number of hydrogen-bond acceptors (Lipinski definition) is 3. The molecule has 3 nitrogen and oxygen atoms in total. The van der Waals surface area contributed by atoms with E-state index < -0.39 is 0 Å². The van der Waals surface area contributed by atoms with Gasteiger partial charge in [-0.2, -0.15) is 0 Å². The Balaban J connectivity index is 1.94. The number of hydrogen-bond donors (Lipinski definition) is 0. The van der Waals surface area contributed by atoms with Gasteiger partial charge >= 0.3 is 0 Å². The molecule has 1 heterocycles. The van der Waals surface area contributed by atoms with Gasteiger partial charge in [0.15, 0.2) is 0 Å². The summed E-state index contributed by atoms with van der Waals surface area (Å²) in [6.07, 6.45) is 2.57. The molecule has 18 heavy (non-hydrogen) atoms. The maximum Gasteiger partial charge on any atom is 0.118 e. The molecular formula is C15H23NO2. The van der Waals surface area contributed by atoms with Gasteiger partial charge in [0.05, 0.1) is 13.7 Å². The van der Waals surface area contributed by atoms with Crippen LogP contribution < -0.4 is 4.74 Å². The second kappa shape index (κ2) is 6.76. The van der Waals surface area contributed by atoms with Gasteiger partial charge in [-0.3, -0.25) is 0 Å². The second-order valence-electron chi connectivity index (χ2n) is 4.91. The van der Waals surface area contributed by atoms with Crippen LogP contribution in [0.15, 0.2) is 24.3 Å². The maximum absolute atomic E-state index is 5.20. The molecule has 1 atom stereocenters. The van der Waals surface area contributed by atoms with Gasteiger partial charge in [0.25, 0.3) is 0 Å². The van der Waals surface area contributed by atoms with Crippen molar-refractivity contribution in [2.75, 3.05) is 40.5 Å². The van der Waals surface area contributed by atoms with Crippen molar-refractivity contribution in [1.82, 2.24) is 4.90 Å². The third-order valence-electron chi connectivity index (χ3n) is 3.70. The minimum Gasteiger partial charge on any atom is -0.497 e. The van der Waals surface area contributed by atoms with Crippen LogP contribution in [0.4, 0.5) is 0 Å². The predicted molar refractivity (Wildman–Crippen MR) is 73.3 cm³/mol. The van der Waals surface area contributed by atoms with Gasteiger partial charge in [-0.1, -0.05) is 12.1 Å². The molecule has 1 saturated heterocycles. The van der Waals surface area contributed by atoms with E-state index in [1.807, 2.05) is 0 Å². The summed E-state index contributed by atoms with van der Waals surface area (Å²) in [4.78, 5) is 2.50. The molecule has 1 aromatic rings. The summed E-state index contributed by atoms with van der Waals surface area (Å²) in [6.45, 7) is 4.23. The number of likely N-dealkylation sites (tertiary alicyclic amines) is 1. The standard InChI is InChI=1S/C15H23NO2/c1-17-11-10-16-9-3-4-14(12-16)13-5-7-15(18-2)8-6-13/h5-8,14H,3-4,9-12H2,1-2H3. The number of methoxy groups -OCH3 is 2. The van der Waals surface area contributed by atoms with Gasteiger partial charge in [0, 0.05) is 20.2 Å². The van der Waals surface area contributed by atoms with Crippen LogP contribution in [0.3, 0.4) is 0 Å². The average molecular weight is 249 g/mol. The molecular weight excluding hydrogens is 226 g/mol. The lowest BCUT2D eigenvalue weighted by Gasteiger charge is -2.32. The lowest BCUT2D eigenvalue weighted by molar-refractivity contribution is 0.128. The van der Waals surface area contributed by atoms with Crippen molar-refractivity contribution < 1.29 is 9.47 Å². The fourth-order valence-electron chi connectivity index (χ4n) is 2.63. The normalized spacial score (nSPS) is 20.9. The van der Waals surface area contributed by atoms with Crippen molar-refractivity contribution in [3.8, 4) is 5.75 Å². The summed E-state index contributed by atoms with van der Waals surface area (Å²) in [6, 6.07) is 8.51. The van der Waals surface area contributed by atoms with Crippen molar-refractivity contribution in [3.05, 3.63) is 29.8 Å². The third-order valence-corrected chi connectivity index (χ3v) is 3.70. The first-order chi connectivity index (χ1) is 8.83. The van der Waals surface area contributed by atoms with Gasteiger partial charge in [0.2, 0.25) is 0 Å². The summed E-state index contributed by atoms with van der Waals surface area (Å²) in [5.41, 5.74) is 1.43. The molecule has 1 aliphatic heterocycles. The van der Waals surface area contributed by atoms with E-state index in [9.17, 15) is 0 Å². The van der Waals surface area contributed by atoms with Gasteiger partial charge in [0.1, 0.15) is 5.75 Å². The van der Waals surface area contributed by atoms with Crippen LogP contribution in [-0.4, -0.2) is 45.4 Å². The lowest BCUT2D eigenvalue weighted by Crippen LogP contribution is -2.36. The molecule has 0 bridgehead atoms. The summed E-state index contributed by atoms with van der Waals surface area (Å²) >= 11 is 0. The van der Waals surface area contributed by atoms with Crippen LogP contribution in [-0.2, 0) is 4.74 Å². The van der Waals surface area contributed by atoms with Crippen LogP contribution in [0.1, 0.15) is 24.3 Å². The first-order valence-electron chi connectivity index (χ1n) is 6.68. The smallest absolute Gasteiger partial charge is 0.118 e. The highest BCUT2D eigenvalue weighted by Crippen LogP contribution is 2.27. The Hall–Kier alpha value is -1.06. The Bertz CT molecular complexity index is 350. The fourth-order valence-corrected chi connectivity index (χ4v) is 2.63. The van der Waals surface area contributed by atoms with Crippen LogP contribution in [0.5, 0.6) is 5.75 Å². The Morgan fingerprint density at radius 1 is 1.22 bits per heavy atom. The summed E-state index contributed by atoms with van der Waals surface area (Å²) < 4.78 is 10.4. The summed E-state index contributed by atoms with van der Waals surface area (Å²) in [5.74, 6) is 1.59. The van der Waals surface area contributed by atoms with Crippen molar-refractivity contribution in [2.24, 2.45) is 0 Å². The Kier molecular flexibility index (Phi) is 5.02. The van der Waals surface area contributed by atoms with E-state index in [0.29, 0.717) is 5.92 Å². The van der Waals surface area contributed by atoms with Crippen LogP contribution in [0.25, 0.3) is 0 Å². The largest absolute Gasteiger partial charge is 0.497 e. The monoisotopic (exact) mass is 249 g/mol. The average Bonchev–Trinajstić information content (AvgIpc) is 2.45. The van der Waals surface area contributed by atoms with Crippen LogP contribution in [0, 0.1) is 0 Å². The van der Waals surface area contributed by atoms with Gasteiger partial charge < -0.3 is 14.4 Å². The number of piperidine rings is 1. The fraction of sp³-hybridized carbons (Fsp3) is 0.600. The summed E-state index contributed by atoms with van der Waals surface area (Å²) in [5, 5.41) is 0. The highest BCUT2D eigenvalue weighted by atomic mass is 16.5. The van der Waals surface area contributed by atoms with E-state index in [2.05, 4.69) is 29.2 Å². The van der Waals surface area contributed by atoms with Gasteiger partial charge in [-0.25, -0.2) is 0 Å². The lowest BCUT2D eigenvalue weighted by atomic mass is 9.90. The number of rotatable bonds is 5. The Morgan fingerprint density at radius 2 is 2.00 bits per heavy atom. The molecule has 1 unspecified atom stereocenters. The predicted octanol–water partition coefficient (Wildman–Crippen LogP) is 2.52. The van der Waals surface area contributed by atoms with E-state index in [1.165, 1.54) is 24.9 Å².